The smallest absolute Gasteiger partial charge is 0.0702 e. The third kappa shape index (κ3) is 4.30. The summed E-state index contributed by atoms with van der Waals surface area (Å²) in [6.45, 7) is 10.2. The first-order valence-electron chi connectivity index (χ1n) is 7.76. The van der Waals surface area contributed by atoms with Crippen molar-refractivity contribution >= 4 is 0 Å². The Balaban J connectivity index is 1.94. The molecule has 3 nitrogen and oxygen atoms in total. The van der Waals surface area contributed by atoms with Crippen LogP contribution in [0.15, 0.2) is 18.2 Å². The number of hydrogen-bond acceptors (Lipinski definition) is 3. The standard InChI is InChI=1S/C17H28N2O/c1-4-20-16-6-5-7-19(11-16)12-17(18)15-9-13(2)8-14(3)10-15/h8-10,16-17H,4-7,11-12,18H2,1-3H3. The number of piperidine rings is 1. The fourth-order valence-electron chi connectivity index (χ4n) is 3.16. The van der Waals surface area contributed by atoms with Gasteiger partial charge in [-0.05, 0) is 45.7 Å². The summed E-state index contributed by atoms with van der Waals surface area (Å²) in [4.78, 5) is 2.45. The van der Waals surface area contributed by atoms with E-state index in [4.69, 9.17) is 10.5 Å². The van der Waals surface area contributed by atoms with Crippen LogP contribution in [-0.4, -0.2) is 37.2 Å². The minimum atomic E-state index is 0.0916. The molecule has 1 heterocycles. The molecule has 1 fully saturated rings. The largest absolute Gasteiger partial charge is 0.377 e. The zero-order valence-corrected chi connectivity index (χ0v) is 13.1. The summed E-state index contributed by atoms with van der Waals surface area (Å²) in [6, 6.07) is 6.71. The van der Waals surface area contributed by atoms with Gasteiger partial charge >= 0.3 is 0 Å². The van der Waals surface area contributed by atoms with Crippen LogP contribution >= 0.6 is 0 Å². The van der Waals surface area contributed by atoms with E-state index in [1.165, 1.54) is 29.5 Å². The van der Waals surface area contributed by atoms with Gasteiger partial charge in [-0.3, -0.25) is 4.90 Å². The van der Waals surface area contributed by atoms with Gasteiger partial charge < -0.3 is 10.5 Å². The van der Waals surface area contributed by atoms with Gasteiger partial charge in [-0.25, -0.2) is 0 Å². The van der Waals surface area contributed by atoms with Gasteiger partial charge in [0.15, 0.2) is 0 Å². The lowest BCUT2D eigenvalue weighted by Crippen LogP contribution is -2.42. The molecule has 2 atom stereocenters. The maximum Gasteiger partial charge on any atom is 0.0702 e. The van der Waals surface area contributed by atoms with E-state index < -0.39 is 0 Å². The summed E-state index contributed by atoms with van der Waals surface area (Å²) in [5.41, 5.74) is 10.2. The van der Waals surface area contributed by atoms with Crippen molar-refractivity contribution in [3.63, 3.8) is 0 Å². The summed E-state index contributed by atoms with van der Waals surface area (Å²) >= 11 is 0. The number of likely N-dealkylation sites (tertiary alicyclic amines) is 1. The quantitative estimate of drug-likeness (QED) is 0.898. The average Bonchev–Trinajstić information content (AvgIpc) is 2.38. The van der Waals surface area contributed by atoms with Gasteiger partial charge in [0.05, 0.1) is 6.10 Å². The molecule has 0 aromatic heterocycles. The number of nitrogens with zero attached hydrogens (tertiary/aromatic N) is 1. The molecule has 0 bridgehead atoms. The molecule has 1 aliphatic rings. The summed E-state index contributed by atoms with van der Waals surface area (Å²) in [6.07, 6.45) is 2.79. The van der Waals surface area contributed by atoms with Gasteiger partial charge in [-0.15, -0.1) is 0 Å². The Labute approximate surface area is 123 Å². The maximum atomic E-state index is 6.40. The Morgan fingerprint density at radius 3 is 2.65 bits per heavy atom. The first-order valence-corrected chi connectivity index (χ1v) is 7.76. The predicted octanol–water partition coefficient (Wildman–Crippen LogP) is 2.80. The van der Waals surface area contributed by atoms with Crippen molar-refractivity contribution in [2.75, 3.05) is 26.2 Å². The minimum absolute atomic E-state index is 0.0916. The Bertz CT molecular complexity index is 411. The van der Waals surface area contributed by atoms with Gasteiger partial charge in [0.25, 0.3) is 0 Å². The summed E-state index contributed by atoms with van der Waals surface area (Å²) < 4.78 is 5.76. The molecule has 1 aromatic rings. The molecule has 0 saturated carbocycles. The molecule has 3 heteroatoms. The number of hydrogen-bond donors (Lipinski definition) is 1. The van der Waals surface area contributed by atoms with E-state index in [0.717, 1.165) is 26.2 Å². The Hall–Kier alpha value is -0.900. The highest BCUT2D eigenvalue weighted by Crippen LogP contribution is 2.19. The summed E-state index contributed by atoms with van der Waals surface area (Å²) in [7, 11) is 0. The second kappa shape index (κ2) is 7.21. The Morgan fingerprint density at radius 1 is 1.30 bits per heavy atom. The van der Waals surface area contributed by atoms with Gasteiger partial charge in [-0.2, -0.15) is 0 Å². The molecule has 0 spiro atoms. The zero-order valence-electron chi connectivity index (χ0n) is 13.1. The average molecular weight is 276 g/mol. The molecule has 0 radical (unpaired) electrons. The van der Waals surface area contributed by atoms with E-state index in [-0.39, 0.29) is 6.04 Å². The zero-order chi connectivity index (χ0) is 14.5. The molecule has 1 aromatic carbocycles. The lowest BCUT2D eigenvalue weighted by molar-refractivity contribution is 0.00449. The van der Waals surface area contributed by atoms with Crippen molar-refractivity contribution in [2.45, 2.75) is 45.8 Å². The van der Waals surface area contributed by atoms with Gasteiger partial charge in [0, 0.05) is 25.7 Å². The highest BCUT2D eigenvalue weighted by Gasteiger charge is 2.22. The molecule has 1 saturated heterocycles. The highest BCUT2D eigenvalue weighted by atomic mass is 16.5. The molecule has 2 unspecified atom stereocenters. The lowest BCUT2D eigenvalue weighted by Gasteiger charge is -2.34. The summed E-state index contributed by atoms with van der Waals surface area (Å²) in [5, 5.41) is 0. The minimum Gasteiger partial charge on any atom is -0.377 e. The van der Waals surface area contributed by atoms with Crippen LogP contribution in [-0.2, 0) is 4.74 Å². The molecule has 1 aliphatic heterocycles. The van der Waals surface area contributed by atoms with E-state index in [0.29, 0.717) is 6.10 Å². The van der Waals surface area contributed by atoms with Crippen molar-refractivity contribution in [1.29, 1.82) is 0 Å². The third-order valence-electron chi connectivity index (χ3n) is 3.99. The third-order valence-corrected chi connectivity index (χ3v) is 3.99. The molecule has 2 rings (SSSR count). The van der Waals surface area contributed by atoms with E-state index in [2.05, 4.69) is 43.9 Å². The molecular formula is C17H28N2O. The van der Waals surface area contributed by atoms with Crippen molar-refractivity contribution < 1.29 is 4.74 Å². The van der Waals surface area contributed by atoms with Gasteiger partial charge in [0.1, 0.15) is 0 Å². The maximum absolute atomic E-state index is 6.40. The van der Waals surface area contributed by atoms with Crippen LogP contribution in [0.1, 0.15) is 42.5 Å². The van der Waals surface area contributed by atoms with Crippen LogP contribution in [0, 0.1) is 13.8 Å². The van der Waals surface area contributed by atoms with Crippen LogP contribution in [0.25, 0.3) is 0 Å². The van der Waals surface area contributed by atoms with Crippen LogP contribution in [0.4, 0.5) is 0 Å². The van der Waals surface area contributed by atoms with E-state index >= 15 is 0 Å². The van der Waals surface area contributed by atoms with Crippen molar-refractivity contribution in [1.82, 2.24) is 4.90 Å². The van der Waals surface area contributed by atoms with E-state index in [9.17, 15) is 0 Å². The van der Waals surface area contributed by atoms with Gasteiger partial charge in [-0.1, -0.05) is 29.3 Å². The second-order valence-electron chi connectivity index (χ2n) is 6.01. The number of ether oxygens (including phenoxy) is 1. The molecule has 20 heavy (non-hydrogen) atoms. The topological polar surface area (TPSA) is 38.5 Å². The van der Waals surface area contributed by atoms with Crippen molar-refractivity contribution in [3.8, 4) is 0 Å². The highest BCUT2D eigenvalue weighted by molar-refractivity contribution is 5.30. The van der Waals surface area contributed by atoms with Crippen LogP contribution < -0.4 is 5.73 Å². The Morgan fingerprint density at radius 2 is 2.00 bits per heavy atom. The SMILES string of the molecule is CCOC1CCCN(CC(N)c2cc(C)cc(C)c2)C1. The number of aryl methyl sites for hydroxylation is 2. The van der Waals surface area contributed by atoms with E-state index in [1.807, 2.05) is 0 Å². The van der Waals surface area contributed by atoms with Crippen molar-refractivity contribution in [3.05, 3.63) is 34.9 Å². The molecule has 0 amide bonds. The fourth-order valence-corrected chi connectivity index (χ4v) is 3.16. The molecule has 0 aliphatic carbocycles. The first kappa shape index (κ1) is 15.5. The molecular weight excluding hydrogens is 248 g/mol. The predicted molar refractivity (Wildman–Crippen MR) is 83.9 cm³/mol. The number of benzene rings is 1. The Kier molecular flexibility index (Phi) is 5.58. The number of rotatable bonds is 5. The monoisotopic (exact) mass is 276 g/mol. The number of nitrogens with two attached hydrogens (primary N) is 1. The van der Waals surface area contributed by atoms with Crippen LogP contribution in [0.5, 0.6) is 0 Å². The second-order valence-corrected chi connectivity index (χ2v) is 6.01. The van der Waals surface area contributed by atoms with E-state index in [1.54, 1.807) is 0 Å². The van der Waals surface area contributed by atoms with Crippen LogP contribution in [0.2, 0.25) is 0 Å². The van der Waals surface area contributed by atoms with Crippen LogP contribution in [0.3, 0.4) is 0 Å². The van der Waals surface area contributed by atoms with Crippen molar-refractivity contribution in [2.24, 2.45) is 5.73 Å². The first-order chi connectivity index (χ1) is 9.58. The lowest BCUT2D eigenvalue weighted by atomic mass is 10.0. The normalized spacial score (nSPS) is 21.9. The molecule has 2 N–H and O–H groups in total. The summed E-state index contributed by atoms with van der Waals surface area (Å²) in [5.74, 6) is 0. The fraction of sp³-hybridized carbons (Fsp3) is 0.647. The van der Waals surface area contributed by atoms with Gasteiger partial charge in [0.2, 0.25) is 0 Å². The molecule has 112 valence electrons.